The molecule has 0 aromatic carbocycles. The first-order valence-corrected chi connectivity index (χ1v) is 9.86. The Labute approximate surface area is 109 Å². The van der Waals surface area contributed by atoms with Crippen LogP contribution in [0.3, 0.4) is 0 Å². The Morgan fingerprint density at radius 1 is 1.43 bits per heavy atom. The van der Waals surface area contributed by atoms with Crippen LogP contribution >= 0.6 is 44.4 Å². The van der Waals surface area contributed by atoms with Crippen LogP contribution in [0.15, 0.2) is 0 Å². The highest BCUT2D eigenvalue weighted by molar-refractivity contribution is 14.2. The third-order valence-electron chi connectivity index (χ3n) is 3.08. The summed E-state index contributed by atoms with van der Waals surface area (Å²) in [6.07, 6.45) is 1.64. The second kappa shape index (κ2) is 6.33. The first-order chi connectivity index (χ1) is 6.61. The third-order valence-corrected chi connectivity index (χ3v) is 4.94. The van der Waals surface area contributed by atoms with Gasteiger partial charge in [0.1, 0.15) is 11.1 Å². The molecule has 0 spiro atoms. The van der Waals surface area contributed by atoms with Gasteiger partial charge in [0.2, 0.25) is 0 Å². The maximum Gasteiger partial charge on any atom is 0.139 e. The van der Waals surface area contributed by atoms with Crippen LogP contribution in [0.5, 0.6) is 0 Å². The van der Waals surface area contributed by atoms with Gasteiger partial charge >= 0.3 is 0 Å². The fourth-order valence-electron chi connectivity index (χ4n) is 1.93. The van der Waals surface area contributed by atoms with Crippen LogP contribution in [0.2, 0.25) is 0 Å². The molecule has 0 aromatic rings. The molecule has 2 nitrogen and oxygen atoms in total. The van der Waals surface area contributed by atoms with Crippen molar-refractivity contribution in [1.82, 2.24) is 0 Å². The summed E-state index contributed by atoms with van der Waals surface area (Å²) in [4.78, 5) is 0. The van der Waals surface area contributed by atoms with Gasteiger partial charge in [-0.3, -0.25) is 0 Å². The molecule has 1 fully saturated rings. The lowest BCUT2D eigenvalue weighted by Gasteiger charge is -2.42. The van der Waals surface area contributed by atoms with Crippen molar-refractivity contribution < 1.29 is 9.26 Å². The summed E-state index contributed by atoms with van der Waals surface area (Å²) >= 11 is 5.82. The van der Waals surface area contributed by atoms with Gasteiger partial charge in [0.25, 0.3) is 0 Å². The number of halogens is 2. The van der Waals surface area contributed by atoms with E-state index in [9.17, 15) is 0 Å². The first-order valence-electron chi connectivity index (χ1n) is 4.92. The highest BCUT2D eigenvalue weighted by Crippen LogP contribution is 2.40. The van der Waals surface area contributed by atoms with E-state index >= 15 is 0 Å². The second-order valence-corrected chi connectivity index (χ2v) is 6.43. The van der Waals surface area contributed by atoms with E-state index in [4.69, 9.17) is 9.26 Å². The molecular weight excluding hydrogens is 378 g/mol. The van der Waals surface area contributed by atoms with E-state index in [0.717, 1.165) is 6.42 Å². The second-order valence-electron chi connectivity index (χ2n) is 3.81. The van der Waals surface area contributed by atoms with Crippen LogP contribution in [0.25, 0.3) is 0 Å². The molecule has 1 aliphatic rings. The average molecular weight is 395 g/mol. The van der Waals surface area contributed by atoms with E-state index in [1.807, 2.05) is 0 Å². The van der Waals surface area contributed by atoms with Crippen molar-refractivity contribution in [2.45, 2.75) is 44.4 Å². The smallest absolute Gasteiger partial charge is 0.139 e. The average Bonchev–Trinajstić information content (AvgIpc) is 2.18. The third kappa shape index (κ3) is 3.03. The Kier molecular flexibility index (Phi) is 6.16. The van der Waals surface area contributed by atoms with Gasteiger partial charge in [-0.15, -0.1) is 0 Å². The van der Waals surface area contributed by atoms with Crippen LogP contribution < -0.4 is 0 Å². The van der Waals surface area contributed by atoms with Crippen LogP contribution in [0.4, 0.5) is 0 Å². The molecule has 1 saturated heterocycles. The maximum absolute atomic E-state index is 5.88. The van der Waals surface area contributed by atoms with E-state index in [-0.39, 0.29) is 11.1 Å². The molecule has 0 amide bonds. The predicted molar refractivity (Wildman–Crippen MR) is 73.4 cm³/mol. The molecule has 0 radical (unpaired) electrons. The Bertz CT molecular complexity index is 184. The summed E-state index contributed by atoms with van der Waals surface area (Å²) in [7, 11) is 0. The van der Waals surface area contributed by atoms with Crippen molar-refractivity contribution in [2.24, 2.45) is 11.8 Å². The van der Waals surface area contributed by atoms with Crippen molar-refractivity contribution in [3.63, 3.8) is 0 Å². The zero-order chi connectivity index (χ0) is 10.7. The summed E-state index contributed by atoms with van der Waals surface area (Å²) in [5.41, 5.74) is 0. The van der Waals surface area contributed by atoms with Crippen molar-refractivity contribution in [2.75, 3.05) is 0 Å². The van der Waals surface area contributed by atoms with Crippen LogP contribution in [-0.2, 0) is 9.26 Å². The van der Waals surface area contributed by atoms with E-state index in [1.165, 1.54) is 0 Å². The molecule has 0 saturated carbocycles. The monoisotopic (exact) mass is 394 g/mol. The van der Waals surface area contributed by atoms with Gasteiger partial charge in [-0.05, 0) is 40.3 Å². The Morgan fingerprint density at radius 2 is 2.07 bits per heavy atom. The number of alkyl halides is 1. The molecule has 0 bridgehead atoms. The summed E-state index contributed by atoms with van der Waals surface area (Å²) in [5, 5.41) is 0.0564. The zero-order valence-corrected chi connectivity index (χ0v) is 13.4. The lowest BCUT2D eigenvalue weighted by Crippen LogP contribution is -2.46. The van der Waals surface area contributed by atoms with E-state index in [2.05, 4.69) is 58.7 Å². The van der Waals surface area contributed by atoms with Crippen molar-refractivity contribution >= 4 is 44.4 Å². The quantitative estimate of drug-likeness (QED) is 0.407. The highest BCUT2D eigenvalue weighted by Gasteiger charge is 2.40. The van der Waals surface area contributed by atoms with Crippen LogP contribution in [0.1, 0.15) is 27.2 Å². The molecule has 1 unspecified atom stereocenters. The lowest BCUT2D eigenvalue weighted by molar-refractivity contribution is -0.117. The highest BCUT2D eigenvalue weighted by atomic mass is 127. The van der Waals surface area contributed by atoms with Gasteiger partial charge in [-0.2, -0.15) is 0 Å². The van der Waals surface area contributed by atoms with Crippen molar-refractivity contribution in [3.05, 3.63) is 0 Å². The summed E-state index contributed by atoms with van der Waals surface area (Å²) in [5.74, 6) is 1.13. The molecular formula is C9H17BrIO2P. The SMILES string of the molecule is CC[C@H]1O[C@H](Br)[C@@H](OPI)[C@@H](C)[C@@H]1C. The van der Waals surface area contributed by atoms with E-state index < -0.39 is 0 Å². The van der Waals surface area contributed by atoms with Gasteiger partial charge in [0, 0.05) is 0 Å². The normalized spacial score (nSPS) is 44.8. The molecule has 0 aromatic heterocycles. The number of rotatable bonds is 3. The van der Waals surface area contributed by atoms with E-state index in [1.54, 1.807) is 0 Å². The van der Waals surface area contributed by atoms with Crippen LogP contribution in [0, 0.1) is 11.8 Å². The molecule has 1 heterocycles. The molecule has 0 N–H and O–H groups in total. The number of ether oxygens (including phenoxy) is 1. The lowest BCUT2D eigenvalue weighted by atomic mass is 9.83. The predicted octanol–water partition coefficient (Wildman–Crippen LogP) is 4.12. The zero-order valence-electron chi connectivity index (χ0n) is 8.67. The minimum Gasteiger partial charge on any atom is -0.361 e. The molecule has 5 heteroatoms. The number of hydrogen-bond donors (Lipinski definition) is 0. The van der Waals surface area contributed by atoms with Gasteiger partial charge in [-0.1, -0.05) is 36.7 Å². The van der Waals surface area contributed by atoms with Crippen molar-refractivity contribution in [1.29, 1.82) is 0 Å². The summed E-state index contributed by atoms with van der Waals surface area (Å²) < 4.78 is 11.6. The van der Waals surface area contributed by atoms with Crippen molar-refractivity contribution in [3.8, 4) is 0 Å². The molecule has 14 heavy (non-hydrogen) atoms. The van der Waals surface area contributed by atoms with Gasteiger partial charge in [-0.25, -0.2) is 0 Å². The van der Waals surface area contributed by atoms with Gasteiger partial charge in [0.05, 0.1) is 12.6 Å². The molecule has 0 aliphatic carbocycles. The van der Waals surface area contributed by atoms with E-state index in [0.29, 0.717) is 24.4 Å². The summed E-state index contributed by atoms with van der Waals surface area (Å²) in [6.45, 7) is 7.19. The fraction of sp³-hybridized carbons (Fsp3) is 1.00. The van der Waals surface area contributed by atoms with Gasteiger partial charge in [0.15, 0.2) is 0 Å². The first kappa shape index (κ1) is 13.6. The van der Waals surface area contributed by atoms with Crippen LogP contribution in [-0.4, -0.2) is 17.2 Å². The maximum atomic E-state index is 5.88. The topological polar surface area (TPSA) is 18.5 Å². The molecule has 1 aliphatic heterocycles. The molecule has 84 valence electrons. The molecule has 1 rings (SSSR count). The standard InChI is InChI=1S/C9H17BrIO2P/c1-4-7-5(2)6(3)8(13-14-11)9(10)12-7/h5-9,14H,4H2,1-3H3/t5-,6-,7+,8-,9-/m0/s1. The Hall–Kier alpha value is 1.56. The minimum absolute atomic E-state index is 0.0564. The number of hydrogen-bond acceptors (Lipinski definition) is 2. The largest absolute Gasteiger partial charge is 0.361 e. The molecule has 6 atom stereocenters. The summed E-state index contributed by atoms with van der Waals surface area (Å²) in [6, 6.07) is 0. The minimum atomic E-state index is 0.0564. The van der Waals surface area contributed by atoms with Gasteiger partial charge < -0.3 is 9.26 Å². The Morgan fingerprint density at radius 3 is 2.57 bits per heavy atom. The Balaban J connectivity index is 2.63. The fourth-order valence-corrected chi connectivity index (χ4v) is 4.31.